The highest BCUT2D eigenvalue weighted by atomic mass is 16.6. The van der Waals surface area contributed by atoms with Crippen LogP contribution in [0.5, 0.6) is 0 Å². The van der Waals surface area contributed by atoms with Gasteiger partial charge in [0.05, 0.1) is 11.4 Å². The number of nitrogens with two attached hydrogens (primary N) is 1. The van der Waals surface area contributed by atoms with E-state index in [4.69, 9.17) is 10.5 Å². The number of carbonyl (C=O) groups is 2. The fourth-order valence-electron chi connectivity index (χ4n) is 2.50. The van der Waals surface area contributed by atoms with Gasteiger partial charge in [-0.2, -0.15) is 0 Å². The number of nitrogen functional groups attached to an aromatic ring is 1. The second-order valence-corrected chi connectivity index (χ2v) is 7.75. The summed E-state index contributed by atoms with van der Waals surface area (Å²) in [5.41, 5.74) is 7.17. The van der Waals surface area contributed by atoms with Crippen LogP contribution in [0.2, 0.25) is 0 Å². The monoisotopic (exact) mass is 349 g/mol. The van der Waals surface area contributed by atoms with Gasteiger partial charge in [0.2, 0.25) is 0 Å². The van der Waals surface area contributed by atoms with Crippen molar-refractivity contribution in [2.75, 3.05) is 17.6 Å². The SMILES string of the molecule is CC(C)CC(C)Nc1ccc(C(=O)NCC(=O)OC(C)(C)C)cc1N. The molecule has 1 unspecified atom stereocenters. The summed E-state index contributed by atoms with van der Waals surface area (Å²) in [4.78, 5) is 23.8. The number of esters is 1. The predicted octanol–water partition coefficient (Wildman–Crippen LogP) is 3.19. The van der Waals surface area contributed by atoms with E-state index in [2.05, 4.69) is 31.4 Å². The Morgan fingerprint density at radius 2 is 1.84 bits per heavy atom. The van der Waals surface area contributed by atoms with Crippen LogP contribution in [0, 0.1) is 5.92 Å². The third-order valence-corrected chi connectivity index (χ3v) is 3.35. The standard InChI is InChI=1S/C19H31N3O3/c1-12(2)9-13(3)22-16-8-7-14(10-15(16)20)18(24)21-11-17(23)25-19(4,5)6/h7-8,10,12-13,22H,9,11,20H2,1-6H3,(H,21,24). The number of hydrogen-bond acceptors (Lipinski definition) is 5. The van der Waals surface area contributed by atoms with Crippen LogP contribution in [0.1, 0.15) is 58.3 Å². The van der Waals surface area contributed by atoms with Crippen LogP contribution < -0.4 is 16.4 Å². The molecule has 0 radical (unpaired) electrons. The number of benzene rings is 1. The highest BCUT2D eigenvalue weighted by molar-refractivity contribution is 5.97. The van der Waals surface area contributed by atoms with E-state index in [1.54, 1.807) is 39.0 Å². The lowest BCUT2D eigenvalue weighted by molar-refractivity contribution is -0.153. The maximum absolute atomic E-state index is 12.2. The lowest BCUT2D eigenvalue weighted by atomic mass is 10.0. The van der Waals surface area contributed by atoms with E-state index >= 15 is 0 Å². The van der Waals surface area contributed by atoms with Crippen LogP contribution >= 0.6 is 0 Å². The molecule has 0 fully saturated rings. The number of anilines is 2. The first-order chi connectivity index (χ1) is 11.5. The summed E-state index contributed by atoms with van der Waals surface area (Å²) in [5, 5.41) is 5.90. The first-order valence-corrected chi connectivity index (χ1v) is 8.64. The van der Waals surface area contributed by atoms with Gasteiger partial charge in [0, 0.05) is 11.6 Å². The molecule has 0 heterocycles. The Balaban J connectivity index is 2.63. The molecule has 1 aromatic carbocycles. The molecule has 0 aliphatic rings. The number of amides is 1. The third-order valence-electron chi connectivity index (χ3n) is 3.35. The van der Waals surface area contributed by atoms with Crippen molar-refractivity contribution >= 4 is 23.3 Å². The fourth-order valence-corrected chi connectivity index (χ4v) is 2.50. The molecular weight excluding hydrogens is 318 g/mol. The van der Waals surface area contributed by atoms with Crippen molar-refractivity contribution in [3.05, 3.63) is 23.8 Å². The zero-order valence-corrected chi connectivity index (χ0v) is 16.1. The first-order valence-electron chi connectivity index (χ1n) is 8.64. The van der Waals surface area contributed by atoms with Gasteiger partial charge in [0.1, 0.15) is 12.1 Å². The minimum absolute atomic E-state index is 0.179. The second-order valence-electron chi connectivity index (χ2n) is 7.75. The lowest BCUT2D eigenvalue weighted by Gasteiger charge is -2.20. The van der Waals surface area contributed by atoms with E-state index in [9.17, 15) is 9.59 Å². The molecule has 0 bridgehead atoms. The largest absolute Gasteiger partial charge is 0.459 e. The lowest BCUT2D eigenvalue weighted by Crippen LogP contribution is -2.34. The average molecular weight is 349 g/mol. The van der Waals surface area contributed by atoms with E-state index in [0.717, 1.165) is 12.1 Å². The van der Waals surface area contributed by atoms with Crippen molar-refractivity contribution in [1.82, 2.24) is 5.32 Å². The Morgan fingerprint density at radius 3 is 2.36 bits per heavy atom. The van der Waals surface area contributed by atoms with Crippen molar-refractivity contribution in [3.8, 4) is 0 Å². The van der Waals surface area contributed by atoms with Crippen LogP contribution in [0.3, 0.4) is 0 Å². The van der Waals surface area contributed by atoms with Gasteiger partial charge in [-0.05, 0) is 58.2 Å². The molecule has 6 nitrogen and oxygen atoms in total. The Labute approximate surface area is 150 Å². The van der Waals surface area contributed by atoms with Crippen molar-refractivity contribution < 1.29 is 14.3 Å². The van der Waals surface area contributed by atoms with Crippen molar-refractivity contribution in [2.45, 2.75) is 59.6 Å². The van der Waals surface area contributed by atoms with Crippen LogP contribution in [0.4, 0.5) is 11.4 Å². The van der Waals surface area contributed by atoms with Gasteiger partial charge < -0.3 is 21.1 Å². The van der Waals surface area contributed by atoms with E-state index in [-0.39, 0.29) is 18.5 Å². The topological polar surface area (TPSA) is 93.5 Å². The Hall–Kier alpha value is -2.24. The Morgan fingerprint density at radius 1 is 1.20 bits per heavy atom. The second kappa shape index (κ2) is 8.74. The van der Waals surface area contributed by atoms with Gasteiger partial charge in [0.15, 0.2) is 0 Å². The molecule has 0 aromatic heterocycles. The zero-order valence-electron chi connectivity index (χ0n) is 16.1. The van der Waals surface area contributed by atoms with Crippen LogP contribution in [0.15, 0.2) is 18.2 Å². The molecule has 0 saturated heterocycles. The molecule has 0 aliphatic carbocycles. The fraction of sp³-hybridized carbons (Fsp3) is 0.579. The Bertz CT molecular complexity index is 606. The molecule has 1 amide bonds. The first kappa shape index (κ1) is 20.8. The van der Waals surface area contributed by atoms with Crippen LogP contribution in [-0.4, -0.2) is 30.1 Å². The quantitative estimate of drug-likeness (QED) is 0.519. The average Bonchev–Trinajstić information content (AvgIpc) is 2.44. The van der Waals surface area contributed by atoms with Crippen molar-refractivity contribution in [2.24, 2.45) is 5.92 Å². The number of nitrogens with one attached hydrogen (secondary N) is 2. The molecule has 0 saturated carbocycles. The summed E-state index contributed by atoms with van der Waals surface area (Å²) in [7, 11) is 0. The molecule has 0 spiro atoms. The molecule has 1 rings (SSSR count). The molecule has 6 heteroatoms. The summed E-state index contributed by atoms with van der Waals surface area (Å²) in [6.45, 7) is 11.6. The Kier molecular flexibility index (Phi) is 7.27. The highest BCUT2D eigenvalue weighted by Gasteiger charge is 2.17. The minimum Gasteiger partial charge on any atom is -0.459 e. The molecule has 0 aliphatic heterocycles. The van der Waals surface area contributed by atoms with Crippen LogP contribution in [-0.2, 0) is 9.53 Å². The number of ether oxygens (including phenoxy) is 1. The molecular formula is C19H31N3O3. The van der Waals surface area contributed by atoms with Gasteiger partial charge in [-0.25, -0.2) is 0 Å². The maximum atomic E-state index is 12.2. The summed E-state index contributed by atoms with van der Waals surface area (Å²) in [5.74, 6) is -0.254. The van der Waals surface area contributed by atoms with Crippen molar-refractivity contribution in [3.63, 3.8) is 0 Å². The van der Waals surface area contributed by atoms with Crippen molar-refractivity contribution in [1.29, 1.82) is 0 Å². The van der Waals surface area contributed by atoms with E-state index in [0.29, 0.717) is 17.2 Å². The molecule has 1 atom stereocenters. The van der Waals surface area contributed by atoms with Gasteiger partial charge in [0.25, 0.3) is 5.91 Å². The van der Waals surface area contributed by atoms with E-state index < -0.39 is 11.6 Å². The normalized spacial score (nSPS) is 12.6. The summed E-state index contributed by atoms with van der Waals surface area (Å²) in [6, 6.07) is 5.36. The molecule has 1 aromatic rings. The highest BCUT2D eigenvalue weighted by Crippen LogP contribution is 2.22. The van der Waals surface area contributed by atoms with E-state index in [1.807, 2.05) is 0 Å². The van der Waals surface area contributed by atoms with E-state index in [1.165, 1.54) is 0 Å². The molecule has 25 heavy (non-hydrogen) atoms. The third kappa shape index (κ3) is 7.92. The zero-order chi connectivity index (χ0) is 19.2. The number of rotatable bonds is 7. The summed E-state index contributed by atoms with van der Waals surface area (Å²) in [6.07, 6.45) is 1.03. The molecule has 4 N–H and O–H groups in total. The number of hydrogen-bond donors (Lipinski definition) is 3. The number of carbonyl (C=O) groups excluding carboxylic acids is 2. The van der Waals surface area contributed by atoms with Gasteiger partial charge in [-0.15, -0.1) is 0 Å². The van der Waals surface area contributed by atoms with Gasteiger partial charge >= 0.3 is 5.97 Å². The van der Waals surface area contributed by atoms with Gasteiger partial charge in [-0.3, -0.25) is 9.59 Å². The van der Waals surface area contributed by atoms with Crippen LogP contribution in [0.25, 0.3) is 0 Å². The maximum Gasteiger partial charge on any atom is 0.325 e. The summed E-state index contributed by atoms with van der Waals surface area (Å²) >= 11 is 0. The summed E-state index contributed by atoms with van der Waals surface area (Å²) < 4.78 is 5.15. The van der Waals surface area contributed by atoms with Gasteiger partial charge in [-0.1, -0.05) is 13.8 Å². The smallest absolute Gasteiger partial charge is 0.325 e. The molecule has 140 valence electrons. The predicted molar refractivity (Wildman–Crippen MR) is 102 cm³/mol. The minimum atomic E-state index is -0.577.